The molecule has 86 valence electrons. The Hall–Kier alpha value is -1.19. The molecule has 0 fully saturated rings. The number of halogens is 3. The van der Waals surface area contributed by atoms with Crippen LogP contribution in [0.25, 0.3) is 0 Å². The summed E-state index contributed by atoms with van der Waals surface area (Å²) in [4.78, 5) is 0. The van der Waals surface area contributed by atoms with Gasteiger partial charge >= 0.3 is 6.18 Å². The average Bonchev–Trinajstić information content (AvgIpc) is 2.18. The summed E-state index contributed by atoms with van der Waals surface area (Å²) in [5, 5.41) is 2.68. The predicted molar refractivity (Wildman–Crippen MR) is 57.1 cm³/mol. The molecule has 1 aromatic carbocycles. The number of anilines is 1. The van der Waals surface area contributed by atoms with Crippen molar-refractivity contribution in [1.29, 1.82) is 0 Å². The van der Waals surface area contributed by atoms with Gasteiger partial charge < -0.3 is 5.32 Å². The van der Waals surface area contributed by atoms with E-state index >= 15 is 0 Å². The molecule has 0 saturated heterocycles. The summed E-state index contributed by atoms with van der Waals surface area (Å²) < 4.78 is 36.8. The molecule has 0 radical (unpaired) electrons. The van der Waals surface area contributed by atoms with Crippen molar-refractivity contribution in [3.8, 4) is 0 Å². The standard InChI is InChI=1S/C9H10F3N.C2H6/c1-6-3-7(9(10,11)12)5-8(4-6)13-2;1-2/h3-5,13H,1-2H3;1-2H3. The molecule has 0 spiro atoms. The highest BCUT2D eigenvalue weighted by Gasteiger charge is 2.30. The van der Waals surface area contributed by atoms with E-state index in [1.54, 1.807) is 20.0 Å². The van der Waals surface area contributed by atoms with Crippen LogP contribution in [0.5, 0.6) is 0 Å². The smallest absolute Gasteiger partial charge is 0.388 e. The van der Waals surface area contributed by atoms with Gasteiger partial charge in [-0.15, -0.1) is 0 Å². The Morgan fingerprint density at radius 1 is 1.07 bits per heavy atom. The normalized spacial score (nSPS) is 10.3. The Labute approximate surface area is 88.3 Å². The number of hydrogen-bond acceptors (Lipinski definition) is 1. The van der Waals surface area contributed by atoms with Gasteiger partial charge in [0.1, 0.15) is 0 Å². The first-order chi connectivity index (χ1) is 6.93. The Balaban J connectivity index is 0.000000921. The van der Waals surface area contributed by atoms with Crippen LogP contribution >= 0.6 is 0 Å². The summed E-state index contributed by atoms with van der Waals surface area (Å²) in [6.07, 6.45) is -4.27. The number of alkyl halides is 3. The molecule has 15 heavy (non-hydrogen) atoms. The number of aryl methyl sites for hydroxylation is 1. The van der Waals surface area contributed by atoms with Crippen LogP contribution in [0.15, 0.2) is 18.2 Å². The van der Waals surface area contributed by atoms with Crippen LogP contribution in [-0.4, -0.2) is 7.05 Å². The van der Waals surface area contributed by atoms with E-state index in [9.17, 15) is 13.2 Å². The number of rotatable bonds is 1. The fraction of sp³-hybridized carbons (Fsp3) is 0.455. The van der Waals surface area contributed by atoms with Gasteiger partial charge in [0.15, 0.2) is 0 Å². The van der Waals surface area contributed by atoms with Crippen LogP contribution in [0.2, 0.25) is 0 Å². The summed E-state index contributed by atoms with van der Waals surface area (Å²) >= 11 is 0. The molecular weight excluding hydrogens is 203 g/mol. The summed E-state index contributed by atoms with van der Waals surface area (Å²) in [5.74, 6) is 0. The molecule has 1 aromatic rings. The predicted octanol–water partition coefficient (Wildman–Crippen LogP) is 4.08. The molecule has 0 heterocycles. The quantitative estimate of drug-likeness (QED) is 0.750. The van der Waals surface area contributed by atoms with Gasteiger partial charge in [0.25, 0.3) is 0 Å². The lowest BCUT2D eigenvalue weighted by atomic mass is 10.1. The van der Waals surface area contributed by atoms with E-state index in [-0.39, 0.29) is 0 Å². The van der Waals surface area contributed by atoms with Crippen LogP contribution in [0.1, 0.15) is 25.0 Å². The monoisotopic (exact) mass is 219 g/mol. The van der Waals surface area contributed by atoms with Crippen LogP contribution in [0.4, 0.5) is 18.9 Å². The first-order valence-electron chi connectivity index (χ1n) is 4.80. The largest absolute Gasteiger partial charge is 0.416 e. The molecule has 1 nitrogen and oxygen atoms in total. The minimum absolute atomic E-state index is 0.479. The van der Waals surface area contributed by atoms with Gasteiger partial charge in [-0.05, 0) is 30.7 Å². The minimum atomic E-state index is -4.27. The Morgan fingerprint density at radius 3 is 2.00 bits per heavy atom. The van der Waals surface area contributed by atoms with Crippen molar-refractivity contribution >= 4 is 5.69 Å². The highest BCUT2D eigenvalue weighted by Crippen LogP contribution is 2.31. The first kappa shape index (κ1) is 13.8. The molecule has 0 unspecified atom stereocenters. The lowest BCUT2D eigenvalue weighted by Crippen LogP contribution is -2.06. The molecule has 0 atom stereocenters. The second kappa shape index (κ2) is 5.63. The SMILES string of the molecule is CC.CNc1cc(C)cc(C(F)(F)F)c1. The molecular formula is C11H16F3N. The second-order valence-corrected chi connectivity index (χ2v) is 2.84. The van der Waals surface area contributed by atoms with Crippen LogP contribution < -0.4 is 5.32 Å². The van der Waals surface area contributed by atoms with Gasteiger partial charge in [0.05, 0.1) is 5.56 Å². The van der Waals surface area contributed by atoms with Crippen molar-refractivity contribution < 1.29 is 13.2 Å². The number of benzene rings is 1. The number of nitrogens with one attached hydrogen (secondary N) is 1. The third-order valence-electron chi connectivity index (χ3n) is 1.69. The minimum Gasteiger partial charge on any atom is -0.388 e. The Morgan fingerprint density at radius 2 is 1.60 bits per heavy atom. The lowest BCUT2D eigenvalue weighted by molar-refractivity contribution is -0.137. The molecule has 0 amide bonds. The van der Waals surface area contributed by atoms with Gasteiger partial charge in [-0.1, -0.05) is 13.8 Å². The number of hydrogen-bond donors (Lipinski definition) is 1. The van der Waals surface area contributed by atoms with Gasteiger partial charge in [0, 0.05) is 12.7 Å². The van der Waals surface area contributed by atoms with Crippen LogP contribution in [-0.2, 0) is 6.18 Å². The van der Waals surface area contributed by atoms with Gasteiger partial charge in [-0.2, -0.15) is 13.2 Å². The zero-order chi connectivity index (χ0) is 12.1. The second-order valence-electron chi connectivity index (χ2n) is 2.84. The van der Waals surface area contributed by atoms with E-state index in [1.165, 1.54) is 0 Å². The van der Waals surface area contributed by atoms with Crippen LogP contribution in [0.3, 0.4) is 0 Å². The van der Waals surface area contributed by atoms with Crippen molar-refractivity contribution in [3.05, 3.63) is 29.3 Å². The summed E-state index contributed by atoms with van der Waals surface area (Å²) in [7, 11) is 1.59. The van der Waals surface area contributed by atoms with E-state index < -0.39 is 11.7 Å². The zero-order valence-electron chi connectivity index (χ0n) is 9.37. The Kier molecular flexibility index (Phi) is 5.19. The van der Waals surface area contributed by atoms with E-state index in [0.717, 1.165) is 12.1 Å². The van der Waals surface area contributed by atoms with Crippen molar-refractivity contribution in [3.63, 3.8) is 0 Å². The maximum absolute atomic E-state index is 12.3. The molecule has 4 heteroatoms. The van der Waals surface area contributed by atoms with Gasteiger partial charge in [0.2, 0.25) is 0 Å². The highest BCUT2D eigenvalue weighted by atomic mass is 19.4. The molecule has 0 aromatic heterocycles. The fourth-order valence-corrected chi connectivity index (χ4v) is 1.09. The highest BCUT2D eigenvalue weighted by molar-refractivity contribution is 5.48. The molecule has 0 bridgehead atoms. The average molecular weight is 219 g/mol. The maximum Gasteiger partial charge on any atom is 0.416 e. The van der Waals surface area contributed by atoms with Gasteiger partial charge in [-0.3, -0.25) is 0 Å². The van der Waals surface area contributed by atoms with E-state index in [1.807, 2.05) is 13.8 Å². The van der Waals surface area contributed by atoms with Crippen molar-refractivity contribution in [2.75, 3.05) is 12.4 Å². The van der Waals surface area contributed by atoms with E-state index in [4.69, 9.17) is 0 Å². The molecule has 0 aliphatic carbocycles. The topological polar surface area (TPSA) is 12.0 Å². The molecule has 0 aliphatic rings. The molecule has 1 N–H and O–H groups in total. The van der Waals surface area contributed by atoms with Crippen molar-refractivity contribution in [2.45, 2.75) is 26.9 Å². The third kappa shape index (κ3) is 4.23. The molecule has 0 saturated carbocycles. The van der Waals surface area contributed by atoms with Gasteiger partial charge in [-0.25, -0.2) is 0 Å². The first-order valence-corrected chi connectivity index (χ1v) is 4.80. The summed E-state index contributed by atoms with van der Waals surface area (Å²) in [5.41, 5.74) is 0.461. The Bertz CT molecular complexity index is 305. The lowest BCUT2D eigenvalue weighted by Gasteiger charge is -2.09. The summed E-state index contributed by atoms with van der Waals surface area (Å²) in [6.45, 7) is 5.64. The fourth-order valence-electron chi connectivity index (χ4n) is 1.09. The van der Waals surface area contributed by atoms with E-state index in [0.29, 0.717) is 11.3 Å². The molecule has 0 aliphatic heterocycles. The zero-order valence-corrected chi connectivity index (χ0v) is 9.37. The molecule has 1 rings (SSSR count). The van der Waals surface area contributed by atoms with Crippen molar-refractivity contribution in [1.82, 2.24) is 0 Å². The third-order valence-corrected chi connectivity index (χ3v) is 1.69. The van der Waals surface area contributed by atoms with E-state index in [2.05, 4.69) is 5.32 Å². The summed E-state index contributed by atoms with van der Waals surface area (Å²) in [6, 6.07) is 3.88. The van der Waals surface area contributed by atoms with Crippen LogP contribution in [0, 0.1) is 6.92 Å². The van der Waals surface area contributed by atoms with Crippen molar-refractivity contribution in [2.24, 2.45) is 0 Å². The maximum atomic E-state index is 12.3.